The Morgan fingerprint density at radius 1 is 0.750 bits per heavy atom. The van der Waals surface area contributed by atoms with Gasteiger partial charge in [0, 0.05) is 13.0 Å². The van der Waals surface area contributed by atoms with E-state index in [4.69, 9.17) is 9.84 Å². The number of hydrogen-bond acceptors (Lipinski definition) is 3. The lowest BCUT2D eigenvalue weighted by Crippen LogP contribution is -2.18. The van der Waals surface area contributed by atoms with Crippen LogP contribution in [0.25, 0.3) is 0 Å². The van der Waals surface area contributed by atoms with Crippen molar-refractivity contribution in [3.05, 3.63) is 0 Å². The van der Waals surface area contributed by atoms with E-state index in [0.717, 1.165) is 25.7 Å². The standard InChI is InChI=1S/C21H42O3/c1-3-5-7-9-11-13-16-20(24-21(23)18-15-19-22)17-14-12-10-8-6-4-2/h20,22H,3-19H2,1-2H3. The van der Waals surface area contributed by atoms with Gasteiger partial charge in [0.25, 0.3) is 0 Å². The van der Waals surface area contributed by atoms with Crippen LogP contribution in [-0.2, 0) is 9.53 Å². The smallest absolute Gasteiger partial charge is 0.306 e. The number of rotatable bonds is 18. The molecule has 0 fully saturated rings. The van der Waals surface area contributed by atoms with Gasteiger partial charge in [0.2, 0.25) is 0 Å². The zero-order valence-electron chi connectivity index (χ0n) is 16.4. The second kappa shape index (κ2) is 18.8. The Bertz CT molecular complexity index is 250. The predicted octanol–water partition coefficient (Wildman–Crippen LogP) is 6.17. The normalized spacial score (nSPS) is 11.2. The molecule has 0 bridgehead atoms. The SMILES string of the molecule is CCCCCCCCC(CCCCCCCC)OC(=O)CCCO. The molecule has 0 aromatic rings. The van der Waals surface area contributed by atoms with Gasteiger partial charge in [0.05, 0.1) is 0 Å². The molecule has 1 N–H and O–H groups in total. The number of carbonyl (C=O) groups excluding carboxylic acids is 1. The zero-order chi connectivity index (χ0) is 17.9. The number of hydrogen-bond donors (Lipinski definition) is 1. The second-order valence-corrected chi connectivity index (χ2v) is 7.05. The molecule has 3 heteroatoms. The molecule has 0 aliphatic rings. The summed E-state index contributed by atoms with van der Waals surface area (Å²) < 4.78 is 5.66. The highest BCUT2D eigenvalue weighted by Crippen LogP contribution is 2.17. The van der Waals surface area contributed by atoms with E-state index in [0.29, 0.717) is 12.8 Å². The summed E-state index contributed by atoms with van der Waals surface area (Å²) in [6, 6.07) is 0. The van der Waals surface area contributed by atoms with Crippen LogP contribution >= 0.6 is 0 Å². The summed E-state index contributed by atoms with van der Waals surface area (Å²) in [5.41, 5.74) is 0. The van der Waals surface area contributed by atoms with Crippen molar-refractivity contribution in [3.63, 3.8) is 0 Å². The van der Waals surface area contributed by atoms with Gasteiger partial charge in [-0.1, -0.05) is 78.1 Å². The number of aliphatic hydroxyl groups is 1. The van der Waals surface area contributed by atoms with Crippen LogP contribution in [-0.4, -0.2) is 23.8 Å². The average Bonchev–Trinajstić information content (AvgIpc) is 2.58. The predicted molar refractivity (Wildman–Crippen MR) is 102 cm³/mol. The summed E-state index contributed by atoms with van der Waals surface area (Å²) in [5.74, 6) is -0.133. The van der Waals surface area contributed by atoms with E-state index in [1.165, 1.54) is 64.2 Å². The molecule has 0 atom stereocenters. The second-order valence-electron chi connectivity index (χ2n) is 7.05. The van der Waals surface area contributed by atoms with Crippen molar-refractivity contribution in [2.45, 2.75) is 123 Å². The first-order valence-electron chi connectivity index (χ1n) is 10.5. The largest absolute Gasteiger partial charge is 0.462 e. The van der Waals surface area contributed by atoms with Crippen molar-refractivity contribution < 1.29 is 14.6 Å². The number of ether oxygens (including phenoxy) is 1. The number of aliphatic hydroxyl groups excluding tert-OH is 1. The van der Waals surface area contributed by atoms with Gasteiger partial charge in [-0.25, -0.2) is 0 Å². The maximum atomic E-state index is 11.8. The molecule has 0 aromatic carbocycles. The molecule has 0 aromatic heterocycles. The van der Waals surface area contributed by atoms with Gasteiger partial charge >= 0.3 is 5.97 Å². The van der Waals surface area contributed by atoms with Gasteiger partial charge in [0.1, 0.15) is 6.10 Å². The third kappa shape index (κ3) is 16.3. The van der Waals surface area contributed by atoms with Crippen LogP contribution in [0.2, 0.25) is 0 Å². The lowest BCUT2D eigenvalue weighted by molar-refractivity contribution is -0.150. The van der Waals surface area contributed by atoms with Crippen molar-refractivity contribution in [1.82, 2.24) is 0 Å². The average molecular weight is 343 g/mol. The lowest BCUT2D eigenvalue weighted by Gasteiger charge is -2.18. The van der Waals surface area contributed by atoms with Gasteiger partial charge < -0.3 is 9.84 Å². The Labute approximate surface area is 150 Å². The maximum absolute atomic E-state index is 11.8. The van der Waals surface area contributed by atoms with Crippen LogP contribution in [0.4, 0.5) is 0 Å². The molecule has 0 amide bonds. The molecule has 0 rings (SSSR count). The van der Waals surface area contributed by atoms with E-state index in [2.05, 4.69) is 13.8 Å². The van der Waals surface area contributed by atoms with Crippen molar-refractivity contribution in [2.24, 2.45) is 0 Å². The maximum Gasteiger partial charge on any atom is 0.306 e. The van der Waals surface area contributed by atoms with E-state index in [1.807, 2.05) is 0 Å². The summed E-state index contributed by atoms with van der Waals surface area (Å²) in [6.45, 7) is 4.54. The molecule has 0 aliphatic carbocycles. The molecule has 0 unspecified atom stereocenters. The van der Waals surface area contributed by atoms with Crippen LogP contribution in [0.1, 0.15) is 117 Å². The fourth-order valence-electron chi connectivity index (χ4n) is 3.04. The zero-order valence-corrected chi connectivity index (χ0v) is 16.4. The van der Waals surface area contributed by atoms with Crippen LogP contribution in [0.15, 0.2) is 0 Å². The highest BCUT2D eigenvalue weighted by atomic mass is 16.5. The quantitative estimate of drug-likeness (QED) is 0.239. The first kappa shape index (κ1) is 23.4. The summed E-state index contributed by atoms with van der Waals surface area (Å²) >= 11 is 0. The first-order valence-corrected chi connectivity index (χ1v) is 10.5. The van der Waals surface area contributed by atoms with Crippen molar-refractivity contribution in [1.29, 1.82) is 0 Å². The van der Waals surface area contributed by atoms with Gasteiger partial charge in [0.15, 0.2) is 0 Å². The summed E-state index contributed by atoms with van der Waals surface area (Å²) in [6.07, 6.45) is 18.3. The van der Waals surface area contributed by atoms with Crippen molar-refractivity contribution in [2.75, 3.05) is 6.61 Å². The molecule has 0 saturated heterocycles. The van der Waals surface area contributed by atoms with Crippen molar-refractivity contribution >= 4 is 5.97 Å². The highest BCUT2D eigenvalue weighted by Gasteiger charge is 2.14. The molecular weight excluding hydrogens is 300 g/mol. The molecule has 0 heterocycles. The minimum absolute atomic E-state index is 0.0641. The van der Waals surface area contributed by atoms with Crippen LogP contribution in [0.3, 0.4) is 0 Å². The lowest BCUT2D eigenvalue weighted by atomic mass is 10.0. The Balaban J connectivity index is 3.93. The van der Waals surface area contributed by atoms with E-state index in [1.54, 1.807) is 0 Å². The van der Waals surface area contributed by atoms with Crippen LogP contribution < -0.4 is 0 Å². The molecule has 0 aliphatic heterocycles. The van der Waals surface area contributed by atoms with E-state index in [-0.39, 0.29) is 18.7 Å². The molecule has 24 heavy (non-hydrogen) atoms. The van der Waals surface area contributed by atoms with Crippen LogP contribution in [0, 0.1) is 0 Å². The minimum atomic E-state index is -0.133. The Morgan fingerprint density at radius 2 is 1.21 bits per heavy atom. The van der Waals surface area contributed by atoms with Gasteiger partial charge in [-0.05, 0) is 32.1 Å². The van der Waals surface area contributed by atoms with Gasteiger partial charge in [-0.2, -0.15) is 0 Å². The van der Waals surface area contributed by atoms with E-state index < -0.39 is 0 Å². The van der Waals surface area contributed by atoms with Crippen molar-refractivity contribution in [3.8, 4) is 0 Å². The molecule has 0 spiro atoms. The molecular formula is C21H42O3. The summed E-state index contributed by atoms with van der Waals surface area (Å²) in [4.78, 5) is 11.8. The first-order chi connectivity index (χ1) is 11.7. The van der Waals surface area contributed by atoms with Gasteiger partial charge in [-0.15, -0.1) is 0 Å². The number of esters is 1. The highest BCUT2D eigenvalue weighted by molar-refractivity contribution is 5.69. The Morgan fingerprint density at radius 3 is 1.67 bits per heavy atom. The Hall–Kier alpha value is -0.570. The van der Waals surface area contributed by atoms with E-state index in [9.17, 15) is 4.79 Å². The topological polar surface area (TPSA) is 46.5 Å². The van der Waals surface area contributed by atoms with E-state index >= 15 is 0 Å². The van der Waals surface area contributed by atoms with Crippen LogP contribution in [0.5, 0.6) is 0 Å². The monoisotopic (exact) mass is 342 g/mol. The molecule has 3 nitrogen and oxygen atoms in total. The number of carbonyl (C=O) groups is 1. The summed E-state index contributed by atoms with van der Waals surface area (Å²) in [5, 5.41) is 8.83. The Kier molecular flexibility index (Phi) is 18.3. The third-order valence-corrected chi connectivity index (χ3v) is 4.60. The fourth-order valence-corrected chi connectivity index (χ4v) is 3.04. The fraction of sp³-hybridized carbons (Fsp3) is 0.952. The third-order valence-electron chi connectivity index (χ3n) is 4.60. The molecule has 144 valence electrons. The summed E-state index contributed by atoms with van der Waals surface area (Å²) in [7, 11) is 0. The molecule has 0 radical (unpaired) electrons. The number of unbranched alkanes of at least 4 members (excludes halogenated alkanes) is 10. The van der Waals surface area contributed by atoms with Gasteiger partial charge in [-0.3, -0.25) is 4.79 Å². The minimum Gasteiger partial charge on any atom is -0.462 e. The molecule has 0 saturated carbocycles.